The molecule has 0 amide bonds. The fourth-order valence-electron chi connectivity index (χ4n) is 5.49. The lowest BCUT2D eigenvalue weighted by atomic mass is 9.80. The van der Waals surface area contributed by atoms with Crippen LogP contribution >= 0.6 is 11.6 Å². The van der Waals surface area contributed by atoms with Crippen LogP contribution in [0, 0.1) is 17.3 Å². The molecular formula is C33H42ClF3N4O2. The number of fused-ring (bicyclic) bond motifs is 1. The maximum absolute atomic E-state index is 13.4. The van der Waals surface area contributed by atoms with Gasteiger partial charge in [0.1, 0.15) is 12.3 Å². The van der Waals surface area contributed by atoms with Crippen molar-refractivity contribution in [3.05, 3.63) is 53.2 Å². The molecule has 1 aromatic heterocycles. The summed E-state index contributed by atoms with van der Waals surface area (Å²) in [6.45, 7) is 7.52. The van der Waals surface area contributed by atoms with Crippen molar-refractivity contribution in [2.75, 3.05) is 50.6 Å². The molecule has 43 heavy (non-hydrogen) atoms. The zero-order valence-corrected chi connectivity index (χ0v) is 25.9. The van der Waals surface area contributed by atoms with Crippen molar-refractivity contribution in [3.63, 3.8) is 0 Å². The zero-order chi connectivity index (χ0) is 30.9. The van der Waals surface area contributed by atoms with Gasteiger partial charge < -0.3 is 30.0 Å². The number of anilines is 2. The first-order valence-electron chi connectivity index (χ1n) is 15.1. The lowest BCUT2D eigenvalue weighted by molar-refractivity contribution is -0.140. The molecule has 6 nitrogen and oxygen atoms in total. The topological polar surface area (TPSA) is 59.5 Å². The molecule has 234 valence electrons. The molecule has 10 heteroatoms. The maximum Gasteiger partial charge on any atom is 0.406 e. The van der Waals surface area contributed by atoms with Gasteiger partial charge in [0.25, 0.3) is 0 Å². The second-order valence-corrected chi connectivity index (χ2v) is 11.5. The molecule has 1 aliphatic carbocycles. The van der Waals surface area contributed by atoms with Gasteiger partial charge in [0, 0.05) is 46.7 Å². The third-order valence-electron chi connectivity index (χ3n) is 7.81. The molecule has 1 spiro atoms. The van der Waals surface area contributed by atoms with Crippen LogP contribution in [0.1, 0.15) is 51.6 Å². The third-order valence-corrected chi connectivity index (χ3v) is 8.05. The number of hydrogen-bond donors (Lipinski definition) is 3. The SMILES string of the molecule is C1NCC12COC2.CC.COc1cc(Cl)ccc1NCC#Cc1cc2c(NC3CCCCC3)cccc2n1CC(F)(F)F. The van der Waals surface area contributed by atoms with Gasteiger partial charge in [-0.25, -0.2) is 0 Å². The Labute approximate surface area is 257 Å². The van der Waals surface area contributed by atoms with Crippen LogP contribution in [0.2, 0.25) is 5.02 Å². The zero-order valence-electron chi connectivity index (χ0n) is 25.2. The van der Waals surface area contributed by atoms with Crippen LogP contribution in [0.4, 0.5) is 24.5 Å². The van der Waals surface area contributed by atoms with Gasteiger partial charge in [-0.05, 0) is 49.1 Å². The van der Waals surface area contributed by atoms with E-state index in [2.05, 4.69) is 27.8 Å². The molecule has 2 aliphatic heterocycles. The quantitative estimate of drug-likeness (QED) is 0.247. The molecule has 0 radical (unpaired) electrons. The average Bonchev–Trinajstić information content (AvgIpc) is 3.28. The normalized spacial score (nSPS) is 17.2. The Morgan fingerprint density at radius 2 is 1.81 bits per heavy atom. The van der Waals surface area contributed by atoms with Gasteiger partial charge in [-0.1, -0.05) is 56.7 Å². The molecule has 6 rings (SSSR count). The summed E-state index contributed by atoms with van der Waals surface area (Å²) in [5.41, 5.74) is 3.03. The highest BCUT2D eigenvalue weighted by Crippen LogP contribution is 2.33. The Morgan fingerprint density at radius 1 is 1.07 bits per heavy atom. The van der Waals surface area contributed by atoms with Gasteiger partial charge in [0.05, 0.1) is 43.8 Å². The van der Waals surface area contributed by atoms with Gasteiger partial charge in [-0.3, -0.25) is 0 Å². The molecule has 0 unspecified atom stereocenters. The minimum atomic E-state index is -4.36. The van der Waals surface area contributed by atoms with Crippen LogP contribution in [0.25, 0.3) is 10.9 Å². The van der Waals surface area contributed by atoms with Gasteiger partial charge in [-0.2, -0.15) is 13.2 Å². The number of benzene rings is 2. The number of nitrogens with zero attached hydrogens (tertiary/aromatic N) is 1. The summed E-state index contributed by atoms with van der Waals surface area (Å²) < 4.78 is 51.8. The number of rotatable bonds is 6. The first kappa shape index (κ1) is 32.8. The van der Waals surface area contributed by atoms with Crippen LogP contribution < -0.4 is 20.7 Å². The first-order chi connectivity index (χ1) is 20.8. The molecule has 3 aromatic rings. The maximum atomic E-state index is 13.4. The molecule has 0 atom stereocenters. The average molecular weight is 619 g/mol. The van der Waals surface area contributed by atoms with Crippen molar-refractivity contribution >= 4 is 33.9 Å². The molecule has 1 saturated carbocycles. The van der Waals surface area contributed by atoms with Crippen molar-refractivity contribution in [2.45, 2.75) is 64.7 Å². The van der Waals surface area contributed by atoms with E-state index in [-0.39, 0.29) is 6.54 Å². The number of halogens is 4. The predicted octanol–water partition coefficient (Wildman–Crippen LogP) is 7.71. The van der Waals surface area contributed by atoms with Crippen LogP contribution in [0.5, 0.6) is 5.75 Å². The van der Waals surface area contributed by atoms with Crippen LogP contribution in [0.3, 0.4) is 0 Å². The van der Waals surface area contributed by atoms with Gasteiger partial charge >= 0.3 is 6.18 Å². The van der Waals surface area contributed by atoms with Gasteiger partial charge in [-0.15, -0.1) is 0 Å². The summed E-state index contributed by atoms with van der Waals surface area (Å²) in [4.78, 5) is 0. The minimum absolute atomic E-state index is 0.235. The van der Waals surface area contributed by atoms with Crippen molar-refractivity contribution in [1.29, 1.82) is 0 Å². The number of aromatic nitrogens is 1. The Bertz CT molecular complexity index is 1380. The summed E-state index contributed by atoms with van der Waals surface area (Å²) in [7, 11) is 1.54. The Morgan fingerprint density at radius 3 is 2.40 bits per heavy atom. The molecule has 0 bridgehead atoms. The summed E-state index contributed by atoms with van der Waals surface area (Å²) in [5, 5.41) is 11.2. The highest BCUT2D eigenvalue weighted by molar-refractivity contribution is 6.30. The fourth-order valence-corrected chi connectivity index (χ4v) is 5.65. The van der Waals surface area contributed by atoms with E-state index in [1.54, 1.807) is 36.4 Å². The highest BCUT2D eigenvalue weighted by Gasteiger charge is 2.43. The number of nitrogens with one attached hydrogen (secondary N) is 3. The smallest absolute Gasteiger partial charge is 0.406 e. The molecule has 3 N–H and O–H groups in total. The summed E-state index contributed by atoms with van der Waals surface area (Å²) in [6, 6.07) is 12.7. The van der Waals surface area contributed by atoms with E-state index in [1.807, 2.05) is 19.9 Å². The Kier molecular flexibility index (Phi) is 11.5. The van der Waals surface area contributed by atoms with Crippen molar-refractivity contribution in [1.82, 2.24) is 9.88 Å². The van der Waals surface area contributed by atoms with E-state index in [4.69, 9.17) is 21.1 Å². The van der Waals surface area contributed by atoms with Crippen molar-refractivity contribution < 1.29 is 22.6 Å². The summed E-state index contributed by atoms with van der Waals surface area (Å²) in [6.07, 6.45) is 1.37. The molecule has 3 heterocycles. The monoisotopic (exact) mass is 618 g/mol. The van der Waals surface area contributed by atoms with E-state index in [1.165, 1.54) is 44.0 Å². The van der Waals surface area contributed by atoms with Crippen molar-refractivity contribution in [2.24, 2.45) is 5.41 Å². The molecular weight excluding hydrogens is 577 g/mol. The van der Waals surface area contributed by atoms with E-state index < -0.39 is 12.7 Å². The van der Waals surface area contributed by atoms with Crippen LogP contribution in [-0.4, -0.2) is 56.7 Å². The van der Waals surface area contributed by atoms with E-state index in [0.29, 0.717) is 39.1 Å². The highest BCUT2D eigenvalue weighted by atomic mass is 35.5. The number of methoxy groups -OCH3 is 1. The largest absolute Gasteiger partial charge is 0.495 e. The second-order valence-electron chi connectivity index (χ2n) is 11.0. The third kappa shape index (κ3) is 8.75. The van der Waals surface area contributed by atoms with E-state index in [9.17, 15) is 13.2 Å². The van der Waals surface area contributed by atoms with Gasteiger partial charge in [0.15, 0.2) is 0 Å². The fraction of sp³-hybridized carbons (Fsp3) is 0.515. The summed E-state index contributed by atoms with van der Waals surface area (Å²) in [5.74, 6) is 6.45. The Hall–Kier alpha value is -3.06. The first-order valence-corrected chi connectivity index (χ1v) is 15.4. The molecule has 2 aromatic carbocycles. The summed E-state index contributed by atoms with van der Waals surface area (Å²) >= 11 is 5.98. The van der Waals surface area contributed by atoms with E-state index in [0.717, 1.165) is 37.1 Å². The molecule has 3 aliphatic rings. The van der Waals surface area contributed by atoms with Crippen LogP contribution in [-0.2, 0) is 11.3 Å². The minimum Gasteiger partial charge on any atom is -0.495 e. The van der Waals surface area contributed by atoms with Gasteiger partial charge in [0.2, 0.25) is 0 Å². The predicted molar refractivity (Wildman–Crippen MR) is 169 cm³/mol. The molecule has 2 saturated heterocycles. The number of ether oxygens (including phenoxy) is 2. The lowest BCUT2D eigenvalue weighted by Crippen LogP contribution is -2.64. The van der Waals surface area contributed by atoms with E-state index >= 15 is 0 Å². The second kappa shape index (κ2) is 15.1. The van der Waals surface area contributed by atoms with Crippen molar-refractivity contribution in [3.8, 4) is 17.6 Å². The standard InChI is InChI=1S/C26H27ClF3N3O.C5H9NO.C2H6/c1-34-25-15-18(27)12-13-23(25)31-14-6-9-20-16-21-22(32-19-7-3-2-4-8-19)10-5-11-24(21)33(20)17-26(28,29)30;1-5(2-6-1)3-7-4-5;1-2/h5,10-13,15-16,19,31-32H,2-4,7-8,14,17H2,1H3;6H,1-4H2;1-2H3. The number of alkyl halides is 3. The lowest BCUT2D eigenvalue weighted by Gasteiger charge is -2.48. The molecule has 3 fully saturated rings. The van der Waals surface area contributed by atoms with Crippen LogP contribution in [0.15, 0.2) is 42.5 Å². The number of hydrogen-bond acceptors (Lipinski definition) is 5. The Balaban J connectivity index is 0.000000401.